The third-order valence-electron chi connectivity index (χ3n) is 3.45. The van der Waals surface area contributed by atoms with E-state index in [0.29, 0.717) is 10.0 Å². The summed E-state index contributed by atoms with van der Waals surface area (Å²) in [4.78, 5) is 12.2. The van der Waals surface area contributed by atoms with E-state index in [2.05, 4.69) is 0 Å². The quantitative estimate of drug-likeness (QED) is 0.615. The number of hydrogen-bond donors (Lipinski definition) is 0. The molecule has 0 N–H and O–H groups in total. The molecule has 0 aliphatic heterocycles. The van der Waals surface area contributed by atoms with E-state index in [1.165, 1.54) is 43.5 Å². The molecule has 2 rings (SSSR count). The highest BCUT2D eigenvalue weighted by Crippen LogP contribution is 2.35. The van der Waals surface area contributed by atoms with Crippen molar-refractivity contribution < 1.29 is 22.7 Å². The molecule has 2 aromatic rings. The molecule has 0 heterocycles. The standard InChI is InChI=1S/C18H19Cl2NO5S/c1-12(2)26-18(22)11-21(16-10-14(20)6-9-17(16)25-3)27(23,24)15-7-4-13(19)5-8-15/h4-10,12H,11H2,1-3H3. The molecular weight excluding hydrogens is 413 g/mol. The van der Waals surface area contributed by atoms with Crippen LogP contribution in [0.25, 0.3) is 0 Å². The maximum Gasteiger partial charge on any atom is 0.327 e. The number of methoxy groups -OCH3 is 1. The van der Waals surface area contributed by atoms with Crippen molar-refractivity contribution in [3.63, 3.8) is 0 Å². The monoisotopic (exact) mass is 431 g/mol. The second kappa shape index (κ2) is 8.82. The number of nitrogens with zero attached hydrogens (tertiary/aromatic N) is 1. The molecule has 0 saturated carbocycles. The zero-order valence-electron chi connectivity index (χ0n) is 15.0. The number of rotatable bonds is 7. The van der Waals surface area contributed by atoms with Gasteiger partial charge in [0, 0.05) is 10.0 Å². The number of ether oxygens (including phenoxy) is 2. The minimum atomic E-state index is -4.12. The van der Waals surface area contributed by atoms with Crippen molar-refractivity contribution in [1.82, 2.24) is 0 Å². The molecule has 0 fully saturated rings. The predicted molar refractivity (Wildman–Crippen MR) is 105 cm³/mol. The van der Waals surface area contributed by atoms with E-state index in [1.807, 2.05) is 0 Å². The van der Waals surface area contributed by atoms with Crippen LogP contribution in [0.15, 0.2) is 47.4 Å². The molecule has 2 aromatic carbocycles. The Hall–Kier alpha value is -1.96. The average molecular weight is 432 g/mol. The van der Waals surface area contributed by atoms with Gasteiger partial charge in [-0.3, -0.25) is 9.10 Å². The second-order valence-corrected chi connectivity index (χ2v) is 8.56. The Balaban J connectivity index is 2.58. The van der Waals surface area contributed by atoms with Crippen molar-refractivity contribution in [2.45, 2.75) is 24.8 Å². The largest absolute Gasteiger partial charge is 0.495 e. The normalized spacial score (nSPS) is 11.3. The third kappa shape index (κ3) is 5.28. The van der Waals surface area contributed by atoms with Crippen LogP contribution in [-0.2, 0) is 19.6 Å². The maximum atomic E-state index is 13.2. The van der Waals surface area contributed by atoms with E-state index in [1.54, 1.807) is 19.9 Å². The molecule has 0 radical (unpaired) electrons. The number of halogens is 2. The minimum Gasteiger partial charge on any atom is -0.495 e. The van der Waals surface area contributed by atoms with Gasteiger partial charge in [0.1, 0.15) is 12.3 Å². The number of anilines is 1. The van der Waals surface area contributed by atoms with Crippen molar-refractivity contribution in [1.29, 1.82) is 0 Å². The van der Waals surface area contributed by atoms with E-state index < -0.39 is 22.5 Å². The highest BCUT2D eigenvalue weighted by Gasteiger charge is 2.30. The van der Waals surface area contributed by atoms with Gasteiger partial charge in [-0.1, -0.05) is 23.2 Å². The molecule has 9 heteroatoms. The second-order valence-electron chi connectivity index (χ2n) is 5.82. The minimum absolute atomic E-state index is 0.0359. The number of hydrogen-bond acceptors (Lipinski definition) is 5. The maximum absolute atomic E-state index is 13.2. The van der Waals surface area contributed by atoms with Gasteiger partial charge in [-0.15, -0.1) is 0 Å². The molecule has 0 bridgehead atoms. The summed E-state index contributed by atoms with van der Waals surface area (Å²) >= 11 is 11.9. The number of benzene rings is 2. The van der Waals surface area contributed by atoms with E-state index in [9.17, 15) is 13.2 Å². The van der Waals surface area contributed by atoms with Gasteiger partial charge >= 0.3 is 5.97 Å². The lowest BCUT2D eigenvalue weighted by Gasteiger charge is -2.26. The lowest BCUT2D eigenvalue weighted by Crippen LogP contribution is -2.37. The van der Waals surface area contributed by atoms with Crippen LogP contribution in [0.4, 0.5) is 5.69 Å². The van der Waals surface area contributed by atoms with Crippen molar-refractivity contribution in [3.05, 3.63) is 52.5 Å². The Kier molecular flexibility index (Phi) is 6.97. The van der Waals surface area contributed by atoms with Crippen LogP contribution >= 0.6 is 23.2 Å². The van der Waals surface area contributed by atoms with Gasteiger partial charge in [0.15, 0.2) is 0 Å². The average Bonchev–Trinajstić information content (AvgIpc) is 2.59. The summed E-state index contributed by atoms with van der Waals surface area (Å²) < 4.78 is 37.7. The summed E-state index contributed by atoms with van der Waals surface area (Å²) in [5, 5.41) is 0.680. The van der Waals surface area contributed by atoms with Crippen LogP contribution in [-0.4, -0.2) is 34.1 Å². The fourth-order valence-corrected chi connectivity index (χ4v) is 4.01. The van der Waals surface area contributed by atoms with Gasteiger partial charge in [-0.2, -0.15) is 0 Å². The summed E-state index contributed by atoms with van der Waals surface area (Å²) in [6.45, 7) is 2.81. The summed E-state index contributed by atoms with van der Waals surface area (Å²) in [7, 11) is -2.72. The summed E-state index contributed by atoms with van der Waals surface area (Å²) in [5.74, 6) is -0.459. The molecular formula is C18H19Cl2NO5S. The van der Waals surface area contributed by atoms with Gasteiger partial charge in [0.05, 0.1) is 23.8 Å². The number of carbonyl (C=O) groups is 1. The van der Waals surface area contributed by atoms with E-state index >= 15 is 0 Å². The van der Waals surface area contributed by atoms with Gasteiger partial charge in [-0.25, -0.2) is 8.42 Å². The highest BCUT2D eigenvalue weighted by atomic mass is 35.5. The van der Waals surface area contributed by atoms with E-state index in [0.717, 1.165) is 4.31 Å². The number of esters is 1. The van der Waals surface area contributed by atoms with Crippen molar-refractivity contribution in [2.24, 2.45) is 0 Å². The smallest absolute Gasteiger partial charge is 0.327 e. The molecule has 6 nitrogen and oxygen atoms in total. The number of sulfonamides is 1. The Morgan fingerprint density at radius 3 is 2.22 bits per heavy atom. The summed E-state index contributed by atoms with van der Waals surface area (Å²) in [6.07, 6.45) is -0.390. The molecule has 0 aliphatic rings. The molecule has 0 atom stereocenters. The Labute approximate surface area is 168 Å². The topological polar surface area (TPSA) is 72.9 Å². The third-order valence-corrected chi connectivity index (χ3v) is 5.71. The fourth-order valence-electron chi connectivity index (χ4n) is 2.31. The first-order chi connectivity index (χ1) is 12.6. The molecule has 27 heavy (non-hydrogen) atoms. The van der Waals surface area contributed by atoms with Gasteiger partial charge in [0.25, 0.3) is 10.0 Å². The van der Waals surface area contributed by atoms with Crippen LogP contribution in [0.2, 0.25) is 10.0 Å². The van der Waals surface area contributed by atoms with Crippen LogP contribution in [0.1, 0.15) is 13.8 Å². The SMILES string of the molecule is COc1ccc(Cl)cc1N(CC(=O)OC(C)C)S(=O)(=O)c1ccc(Cl)cc1. The Morgan fingerprint density at radius 1 is 1.07 bits per heavy atom. The molecule has 0 aromatic heterocycles. The highest BCUT2D eigenvalue weighted by molar-refractivity contribution is 7.92. The number of carbonyl (C=O) groups excluding carboxylic acids is 1. The zero-order valence-corrected chi connectivity index (χ0v) is 17.3. The van der Waals surface area contributed by atoms with Gasteiger partial charge in [-0.05, 0) is 56.3 Å². The Bertz CT molecular complexity index is 914. The first kappa shape index (κ1) is 21.3. The molecule has 0 spiro atoms. The van der Waals surface area contributed by atoms with Crippen LogP contribution in [0.5, 0.6) is 5.75 Å². The van der Waals surface area contributed by atoms with Gasteiger partial charge < -0.3 is 9.47 Å². The van der Waals surface area contributed by atoms with E-state index in [-0.39, 0.29) is 22.4 Å². The zero-order chi connectivity index (χ0) is 20.2. The Morgan fingerprint density at radius 2 is 1.67 bits per heavy atom. The predicted octanol–water partition coefficient (Wildman–Crippen LogP) is 4.15. The first-order valence-corrected chi connectivity index (χ1v) is 10.2. The van der Waals surface area contributed by atoms with Crippen LogP contribution < -0.4 is 9.04 Å². The summed E-state index contributed by atoms with van der Waals surface area (Å²) in [6, 6.07) is 10.1. The van der Waals surface area contributed by atoms with Crippen molar-refractivity contribution in [3.8, 4) is 5.75 Å². The molecule has 0 saturated heterocycles. The molecule has 0 unspecified atom stereocenters. The first-order valence-electron chi connectivity index (χ1n) is 7.96. The van der Waals surface area contributed by atoms with Crippen LogP contribution in [0, 0.1) is 0 Å². The molecule has 0 amide bonds. The fraction of sp³-hybridized carbons (Fsp3) is 0.278. The molecule has 146 valence electrons. The van der Waals surface area contributed by atoms with Gasteiger partial charge in [0.2, 0.25) is 0 Å². The summed E-state index contributed by atoms with van der Waals surface area (Å²) in [5.41, 5.74) is 0.126. The van der Waals surface area contributed by atoms with Crippen LogP contribution in [0.3, 0.4) is 0 Å². The van der Waals surface area contributed by atoms with E-state index in [4.69, 9.17) is 32.7 Å². The lowest BCUT2D eigenvalue weighted by atomic mass is 10.3. The lowest BCUT2D eigenvalue weighted by molar-refractivity contribution is -0.145. The van der Waals surface area contributed by atoms with Crippen molar-refractivity contribution in [2.75, 3.05) is 18.0 Å². The van der Waals surface area contributed by atoms with Crippen molar-refractivity contribution >= 4 is 44.9 Å². The molecule has 0 aliphatic carbocycles.